The highest BCUT2D eigenvalue weighted by Crippen LogP contribution is 2.17. The van der Waals surface area contributed by atoms with Gasteiger partial charge in [0.15, 0.2) is 0 Å². The molecule has 3 heteroatoms. The molecule has 0 radical (unpaired) electrons. The molecule has 0 saturated carbocycles. The first-order chi connectivity index (χ1) is 6.24. The molecule has 0 aromatic heterocycles. The minimum Gasteiger partial charge on any atom is -0.395 e. The van der Waals surface area contributed by atoms with Gasteiger partial charge in [0.2, 0.25) is 0 Å². The van der Waals surface area contributed by atoms with Crippen LogP contribution in [0.5, 0.6) is 0 Å². The topological polar surface area (TPSA) is 23.5 Å². The van der Waals surface area contributed by atoms with Gasteiger partial charge in [-0.25, -0.2) is 0 Å². The van der Waals surface area contributed by atoms with Gasteiger partial charge in [0.05, 0.1) is 6.61 Å². The Balaban J connectivity index is 2.27. The van der Waals surface area contributed by atoms with Crippen LogP contribution in [0.2, 0.25) is 0 Å². The van der Waals surface area contributed by atoms with Crippen molar-refractivity contribution in [2.24, 2.45) is 5.92 Å². The fourth-order valence-electron chi connectivity index (χ4n) is 1.58. The van der Waals surface area contributed by atoms with Gasteiger partial charge in [-0.05, 0) is 18.9 Å². The van der Waals surface area contributed by atoms with Crippen LogP contribution in [0.15, 0.2) is 0 Å². The Bertz CT molecular complexity index is 141. The zero-order valence-electron chi connectivity index (χ0n) is 8.70. The summed E-state index contributed by atoms with van der Waals surface area (Å²) >= 11 is 1.96. The van der Waals surface area contributed by atoms with E-state index < -0.39 is 0 Å². The van der Waals surface area contributed by atoms with E-state index in [4.69, 9.17) is 0 Å². The summed E-state index contributed by atoms with van der Waals surface area (Å²) < 4.78 is 0. The summed E-state index contributed by atoms with van der Waals surface area (Å²) in [6.45, 7) is 7.15. The Morgan fingerprint density at radius 2 is 2.31 bits per heavy atom. The van der Waals surface area contributed by atoms with E-state index in [1.807, 2.05) is 11.8 Å². The zero-order chi connectivity index (χ0) is 9.68. The molecular formula is C10H21NOS. The lowest BCUT2D eigenvalue weighted by molar-refractivity contribution is 0.134. The van der Waals surface area contributed by atoms with Crippen molar-refractivity contribution in [3.05, 3.63) is 0 Å². The molecule has 78 valence electrons. The van der Waals surface area contributed by atoms with Gasteiger partial charge in [0, 0.05) is 24.1 Å². The van der Waals surface area contributed by atoms with Gasteiger partial charge >= 0.3 is 0 Å². The number of thioether (sulfide) groups is 1. The molecule has 0 bridgehead atoms. The van der Waals surface area contributed by atoms with E-state index >= 15 is 0 Å². The summed E-state index contributed by atoms with van der Waals surface area (Å²) in [5, 5.41) is 9.17. The molecule has 0 aromatic rings. The minimum absolute atomic E-state index is 0.324. The standard InChI is InChI=1S/C10H21NOS/c1-9(2)3-4-11-5-6-13-8-10(11)7-12/h9-10,12H,3-8H2,1-2H3. The Kier molecular flexibility index (Phi) is 5.14. The SMILES string of the molecule is CC(C)CCN1CCSCC1CO. The molecule has 0 aromatic carbocycles. The van der Waals surface area contributed by atoms with E-state index in [2.05, 4.69) is 18.7 Å². The Labute approximate surface area is 85.7 Å². The third-order valence-corrected chi connectivity index (χ3v) is 3.65. The Morgan fingerprint density at radius 3 is 2.92 bits per heavy atom. The molecular weight excluding hydrogens is 182 g/mol. The van der Waals surface area contributed by atoms with Gasteiger partial charge in [0.25, 0.3) is 0 Å². The van der Waals surface area contributed by atoms with E-state index in [1.165, 1.54) is 12.2 Å². The third-order valence-electron chi connectivity index (χ3n) is 2.55. The van der Waals surface area contributed by atoms with Gasteiger partial charge in [-0.3, -0.25) is 4.90 Å². The summed E-state index contributed by atoms with van der Waals surface area (Å²) in [5.41, 5.74) is 0. The van der Waals surface area contributed by atoms with Crippen molar-refractivity contribution >= 4 is 11.8 Å². The number of aliphatic hydroxyl groups is 1. The van der Waals surface area contributed by atoms with Crippen molar-refractivity contribution in [3.63, 3.8) is 0 Å². The first kappa shape index (κ1) is 11.3. The Hall–Kier alpha value is 0.270. The van der Waals surface area contributed by atoms with Crippen molar-refractivity contribution in [3.8, 4) is 0 Å². The van der Waals surface area contributed by atoms with Gasteiger partial charge in [-0.1, -0.05) is 13.8 Å². The molecule has 1 N–H and O–H groups in total. The lowest BCUT2D eigenvalue weighted by Crippen LogP contribution is -2.45. The second-order valence-electron chi connectivity index (χ2n) is 4.13. The molecule has 0 spiro atoms. The predicted octanol–water partition coefficient (Wildman–Crippen LogP) is 1.44. The van der Waals surface area contributed by atoms with Crippen LogP contribution in [-0.4, -0.2) is 47.3 Å². The highest BCUT2D eigenvalue weighted by atomic mass is 32.2. The minimum atomic E-state index is 0.324. The van der Waals surface area contributed by atoms with Crippen LogP contribution in [0, 0.1) is 5.92 Å². The van der Waals surface area contributed by atoms with Crippen molar-refractivity contribution in [2.45, 2.75) is 26.3 Å². The van der Waals surface area contributed by atoms with E-state index in [1.54, 1.807) is 0 Å². The van der Waals surface area contributed by atoms with Gasteiger partial charge < -0.3 is 5.11 Å². The lowest BCUT2D eigenvalue weighted by atomic mass is 10.1. The maximum Gasteiger partial charge on any atom is 0.0594 e. The van der Waals surface area contributed by atoms with Crippen molar-refractivity contribution in [1.29, 1.82) is 0 Å². The largest absolute Gasteiger partial charge is 0.395 e. The fourth-order valence-corrected chi connectivity index (χ4v) is 2.69. The van der Waals surface area contributed by atoms with Gasteiger partial charge in [0.1, 0.15) is 0 Å². The lowest BCUT2D eigenvalue weighted by Gasteiger charge is -2.34. The first-order valence-electron chi connectivity index (χ1n) is 5.16. The van der Waals surface area contributed by atoms with Crippen LogP contribution in [0.3, 0.4) is 0 Å². The summed E-state index contributed by atoms with van der Waals surface area (Å²) in [6, 6.07) is 0.414. The second kappa shape index (κ2) is 5.89. The third kappa shape index (κ3) is 3.88. The van der Waals surface area contributed by atoms with Crippen LogP contribution in [0.4, 0.5) is 0 Å². The molecule has 1 saturated heterocycles. The van der Waals surface area contributed by atoms with E-state index in [9.17, 15) is 5.11 Å². The normalized spacial score (nSPS) is 25.4. The predicted molar refractivity (Wildman–Crippen MR) is 59.2 cm³/mol. The van der Waals surface area contributed by atoms with Crippen LogP contribution < -0.4 is 0 Å². The molecule has 2 nitrogen and oxygen atoms in total. The van der Waals surface area contributed by atoms with Crippen LogP contribution in [0.1, 0.15) is 20.3 Å². The van der Waals surface area contributed by atoms with Crippen molar-refractivity contribution < 1.29 is 5.11 Å². The van der Waals surface area contributed by atoms with Gasteiger partial charge in [-0.2, -0.15) is 11.8 Å². The van der Waals surface area contributed by atoms with E-state index in [0.717, 1.165) is 24.8 Å². The molecule has 0 amide bonds. The molecule has 1 aliphatic rings. The smallest absolute Gasteiger partial charge is 0.0594 e. The molecule has 1 aliphatic heterocycles. The highest BCUT2D eigenvalue weighted by Gasteiger charge is 2.21. The Morgan fingerprint density at radius 1 is 1.54 bits per heavy atom. The molecule has 1 rings (SSSR count). The monoisotopic (exact) mass is 203 g/mol. The summed E-state index contributed by atoms with van der Waals surface area (Å²) in [7, 11) is 0. The summed E-state index contributed by atoms with van der Waals surface area (Å²) in [5.74, 6) is 3.11. The molecule has 1 unspecified atom stereocenters. The van der Waals surface area contributed by atoms with Crippen LogP contribution in [0.25, 0.3) is 0 Å². The number of nitrogens with zero attached hydrogens (tertiary/aromatic N) is 1. The quantitative estimate of drug-likeness (QED) is 0.748. The van der Waals surface area contributed by atoms with Crippen LogP contribution >= 0.6 is 11.8 Å². The molecule has 13 heavy (non-hydrogen) atoms. The average molecular weight is 203 g/mol. The van der Waals surface area contributed by atoms with Crippen molar-refractivity contribution in [1.82, 2.24) is 4.90 Å². The van der Waals surface area contributed by atoms with Crippen molar-refractivity contribution in [2.75, 3.05) is 31.2 Å². The van der Waals surface area contributed by atoms with Crippen LogP contribution in [-0.2, 0) is 0 Å². The first-order valence-corrected chi connectivity index (χ1v) is 6.32. The van der Waals surface area contributed by atoms with Gasteiger partial charge in [-0.15, -0.1) is 0 Å². The average Bonchev–Trinajstić information content (AvgIpc) is 2.15. The molecule has 1 atom stereocenters. The van der Waals surface area contributed by atoms with E-state index in [-0.39, 0.29) is 0 Å². The highest BCUT2D eigenvalue weighted by molar-refractivity contribution is 7.99. The summed E-state index contributed by atoms with van der Waals surface area (Å²) in [4.78, 5) is 2.44. The number of hydrogen-bond donors (Lipinski definition) is 1. The number of aliphatic hydroxyl groups excluding tert-OH is 1. The fraction of sp³-hybridized carbons (Fsp3) is 1.00. The molecule has 0 aliphatic carbocycles. The maximum absolute atomic E-state index is 9.17. The maximum atomic E-state index is 9.17. The molecule has 1 fully saturated rings. The number of rotatable bonds is 4. The second-order valence-corrected chi connectivity index (χ2v) is 5.28. The summed E-state index contributed by atoms with van der Waals surface area (Å²) in [6.07, 6.45) is 1.25. The molecule has 1 heterocycles. The zero-order valence-corrected chi connectivity index (χ0v) is 9.52. The van der Waals surface area contributed by atoms with E-state index in [0.29, 0.717) is 12.6 Å². The number of hydrogen-bond acceptors (Lipinski definition) is 3.